The molecule has 0 saturated carbocycles. The first kappa shape index (κ1) is 18.8. The maximum atomic E-state index is 12.5. The molecule has 0 unspecified atom stereocenters. The molecular weight excluding hydrogens is 340 g/mol. The third-order valence-corrected chi connectivity index (χ3v) is 5.11. The lowest BCUT2D eigenvalue weighted by atomic mass is 10.1. The van der Waals surface area contributed by atoms with Crippen molar-refractivity contribution in [2.24, 2.45) is 0 Å². The van der Waals surface area contributed by atoms with E-state index in [1.165, 1.54) is 11.4 Å². The Balaban J connectivity index is 2.08. The molecule has 7 heteroatoms. The molecule has 6 nitrogen and oxygen atoms in total. The normalized spacial score (nSPS) is 11.0. The van der Waals surface area contributed by atoms with Gasteiger partial charge in [-0.05, 0) is 42.0 Å². The third-order valence-electron chi connectivity index (χ3n) is 3.90. The summed E-state index contributed by atoms with van der Waals surface area (Å²) < 4.78 is 29.4. The summed E-state index contributed by atoms with van der Waals surface area (Å²) >= 11 is 0. The van der Waals surface area contributed by atoms with Crippen molar-refractivity contribution in [3.63, 3.8) is 0 Å². The standard InChI is InChI=1S/C18H22N2O4S/c1-19(13-14-5-11-17(24-3)12-6-14)18(21)15-7-9-16(10-8-15)20(2)25(4,22)23/h5-12H,13H2,1-4H3. The molecule has 0 bridgehead atoms. The van der Waals surface area contributed by atoms with Gasteiger partial charge in [-0.3, -0.25) is 9.10 Å². The Hall–Kier alpha value is -2.54. The van der Waals surface area contributed by atoms with E-state index < -0.39 is 10.0 Å². The second-order valence-corrected chi connectivity index (χ2v) is 7.80. The van der Waals surface area contributed by atoms with Crippen molar-refractivity contribution in [1.29, 1.82) is 0 Å². The number of hydrogen-bond donors (Lipinski definition) is 0. The minimum absolute atomic E-state index is 0.135. The van der Waals surface area contributed by atoms with Crippen molar-refractivity contribution in [3.8, 4) is 5.75 Å². The van der Waals surface area contributed by atoms with E-state index in [4.69, 9.17) is 4.74 Å². The molecule has 0 radical (unpaired) electrons. The lowest BCUT2D eigenvalue weighted by molar-refractivity contribution is 0.0785. The number of nitrogens with zero attached hydrogens (tertiary/aromatic N) is 2. The number of ether oxygens (including phenoxy) is 1. The molecule has 0 aliphatic heterocycles. The van der Waals surface area contributed by atoms with Crippen LogP contribution < -0.4 is 9.04 Å². The molecule has 0 N–H and O–H groups in total. The lowest BCUT2D eigenvalue weighted by Gasteiger charge is -2.19. The van der Waals surface area contributed by atoms with E-state index in [1.54, 1.807) is 43.3 Å². The molecule has 0 aliphatic rings. The highest BCUT2D eigenvalue weighted by atomic mass is 32.2. The monoisotopic (exact) mass is 362 g/mol. The van der Waals surface area contributed by atoms with Crippen molar-refractivity contribution in [1.82, 2.24) is 4.90 Å². The molecule has 2 aromatic rings. The van der Waals surface area contributed by atoms with Gasteiger partial charge >= 0.3 is 0 Å². The van der Waals surface area contributed by atoms with Crippen LogP contribution in [-0.2, 0) is 16.6 Å². The van der Waals surface area contributed by atoms with Gasteiger partial charge in [0, 0.05) is 26.2 Å². The van der Waals surface area contributed by atoms with Crippen LogP contribution >= 0.6 is 0 Å². The first-order chi connectivity index (χ1) is 11.7. The number of carbonyl (C=O) groups is 1. The summed E-state index contributed by atoms with van der Waals surface area (Å²) in [5.74, 6) is 0.632. The minimum Gasteiger partial charge on any atom is -0.497 e. The van der Waals surface area contributed by atoms with Crippen LogP contribution in [0.4, 0.5) is 5.69 Å². The zero-order chi connectivity index (χ0) is 18.6. The van der Waals surface area contributed by atoms with Crippen molar-refractivity contribution in [2.75, 3.05) is 31.8 Å². The molecule has 0 atom stereocenters. The average Bonchev–Trinajstić information content (AvgIpc) is 2.60. The number of benzene rings is 2. The maximum absolute atomic E-state index is 12.5. The summed E-state index contributed by atoms with van der Waals surface area (Å²) in [5.41, 5.74) is 2.00. The topological polar surface area (TPSA) is 66.9 Å². The number of amides is 1. The molecule has 2 aromatic carbocycles. The number of methoxy groups -OCH3 is 1. The van der Waals surface area contributed by atoms with Gasteiger partial charge in [0.15, 0.2) is 0 Å². The molecule has 0 saturated heterocycles. The minimum atomic E-state index is -3.32. The molecule has 134 valence electrons. The fraction of sp³-hybridized carbons (Fsp3) is 0.278. The van der Waals surface area contributed by atoms with Gasteiger partial charge in [-0.2, -0.15) is 0 Å². The molecule has 25 heavy (non-hydrogen) atoms. The summed E-state index contributed by atoms with van der Waals surface area (Å²) in [6.07, 6.45) is 1.13. The van der Waals surface area contributed by atoms with E-state index >= 15 is 0 Å². The fourth-order valence-corrected chi connectivity index (χ4v) is 2.81. The molecular formula is C18H22N2O4S. The second-order valence-electron chi connectivity index (χ2n) is 5.79. The number of sulfonamides is 1. The van der Waals surface area contributed by atoms with Crippen LogP contribution in [0.2, 0.25) is 0 Å². The van der Waals surface area contributed by atoms with Crippen molar-refractivity contribution < 1.29 is 17.9 Å². The van der Waals surface area contributed by atoms with Crippen LogP contribution in [0.15, 0.2) is 48.5 Å². The van der Waals surface area contributed by atoms with Gasteiger partial charge in [-0.25, -0.2) is 8.42 Å². The van der Waals surface area contributed by atoms with E-state index in [-0.39, 0.29) is 5.91 Å². The second kappa shape index (κ2) is 7.57. The van der Waals surface area contributed by atoms with Gasteiger partial charge in [0.2, 0.25) is 10.0 Å². The van der Waals surface area contributed by atoms with Crippen LogP contribution in [0.5, 0.6) is 5.75 Å². The van der Waals surface area contributed by atoms with Gasteiger partial charge in [-0.1, -0.05) is 12.1 Å². The number of rotatable bonds is 6. The van der Waals surface area contributed by atoms with E-state index in [9.17, 15) is 13.2 Å². The Bertz CT molecular complexity index is 830. The largest absolute Gasteiger partial charge is 0.497 e. The van der Waals surface area contributed by atoms with Crippen molar-refractivity contribution in [3.05, 3.63) is 59.7 Å². The van der Waals surface area contributed by atoms with Crippen LogP contribution in [0, 0.1) is 0 Å². The predicted octanol–water partition coefficient (Wildman–Crippen LogP) is 2.36. The third kappa shape index (κ3) is 4.73. The predicted molar refractivity (Wildman–Crippen MR) is 98.5 cm³/mol. The quantitative estimate of drug-likeness (QED) is 0.791. The SMILES string of the molecule is COc1ccc(CN(C)C(=O)c2ccc(N(C)S(C)(=O)=O)cc2)cc1. The van der Waals surface area contributed by atoms with E-state index in [2.05, 4.69) is 0 Å². The first-order valence-corrected chi connectivity index (χ1v) is 9.49. The molecule has 0 aliphatic carbocycles. The maximum Gasteiger partial charge on any atom is 0.253 e. The van der Waals surface area contributed by atoms with Gasteiger partial charge in [-0.15, -0.1) is 0 Å². The van der Waals surface area contributed by atoms with E-state index in [0.717, 1.165) is 17.6 Å². The molecule has 1 amide bonds. The Morgan fingerprint density at radius 1 is 1.00 bits per heavy atom. The highest BCUT2D eigenvalue weighted by molar-refractivity contribution is 7.92. The smallest absolute Gasteiger partial charge is 0.253 e. The Morgan fingerprint density at radius 3 is 2.04 bits per heavy atom. The highest BCUT2D eigenvalue weighted by Crippen LogP contribution is 2.18. The van der Waals surface area contributed by atoms with Gasteiger partial charge in [0.1, 0.15) is 5.75 Å². The zero-order valence-electron chi connectivity index (χ0n) is 14.8. The Kier molecular flexibility index (Phi) is 5.69. The zero-order valence-corrected chi connectivity index (χ0v) is 15.6. The Labute approximate surface area is 148 Å². The van der Waals surface area contributed by atoms with Crippen LogP contribution in [0.1, 0.15) is 15.9 Å². The summed E-state index contributed by atoms with van der Waals surface area (Å²) in [7, 11) is 1.48. The van der Waals surface area contributed by atoms with Crippen LogP contribution in [0.25, 0.3) is 0 Å². The summed E-state index contributed by atoms with van der Waals surface area (Å²) in [5, 5.41) is 0. The molecule has 0 spiro atoms. The highest BCUT2D eigenvalue weighted by Gasteiger charge is 2.15. The van der Waals surface area contributed by atoms with Crippen LogP contribution in [0.3, 0.4) is 0 Å². The van der Waals surface area contributed by atoms with E-state index in [0.29, 0.717) is 17.8 Å². The molecule has 0 aromatic heterocycles. The van der Waals surface area contributed by atoms with Crippen LogP contribution in [-0.4, -0.2) is 46.7 Å². The average molecular weight is 362 g/mol. The van der Waals surface area contributed by atoms with Crippen molar-refractivity contribution >= 4 is 21.6 Å². The number of hydrogen-bond acceptors (Lipinski definition) is 4. The molecule has 0 fully saturated rings. The van der Waals surface area contributed by atoms with E-state index in [1.807, 2.05) is 24.3 Å². The summed E-state index contributed by atoms with van der Waals surface area (Å²) in [6.45, 7) is 0.466. The van der Waals surface area contributed by atoms with Gasteiger partial charge in [0.25, 0.3) is 5.91 Å². The number of carbonyl (C=O) groups excluding carboxylic acids is 1. The lowest BCUT2D eigenvalue weighted by Crippen LogP contribution is -2.27. The summed E-state index contributed by atoms with van der Waals surface area (Å²) in [6, 6.07) is 14.0. The number of anilines is 1. The van der Waals surface area contributed by atoms with Gasteiger partial charge < -0.3 is 9.64 Å². The fourth-order valence-electron chi connectivity index (χ4n) is 2.30. The molecule has 2 rings (SSSR count). The first-order valence-electron chi connectivity index (χ1n) is 7.64. The Morgan fingerprint density at radius 2 is 1.56 bits per heavy atom. The summed E-state index contributed by atoms with van der Waals surface area (Å²) in [4.78, 5) is 14.1. The molecule has 0 heterocycles. The van der Waals surface area contributed by atoms with Gasteiger partial charge in [0.05, 0.1) is 19.1 Å². The van der Waals surface area contributed by atoms with Crippen molar-refractivity contribution in [2.45, 2.75) is 6.54 Å².